The van der Waals surface area contributed by atoms with E-state index in [1.165, 1.54) is 51.4 Å². The van der Waals surface area contributed by atoms with E-state index in [0.29, 0.717) is 12.8 Å². The second-order valence-corrected chi connectivity index (χ2v) is 7.91. The summed E-state index contributed by atoms with van der Waals surface area (Å²) in [6, 6.07) is 0. The maximum Gasteiger partial charge on any atom is 0.174 e. The lowest BCUT2D eigenvalue weighted by Gasteiger charge is -2.27. The van der Waals surface area contributed by atoms with Crippen molar-refractivity contribution in [2.45, 2.75) is 110 Å². The third-order valence-electron chi connectivity index (χ3n) is 5.68. The molecule has 0 aromatic rings. The molecule has 3 heteroatoms. The molecule has 0 N–H and O–H groups in total. The van der Waals surface area contributed by atoms with Crippen molar-refractivity contribution in [1.82, 2.24) is 0 Å². The number of carbonyl (C=O) groups excluding carboxylic acids is 3. The van der Waals surface area contributed by atoms with E-state index in [9.17, 15) is 14.4 Å². The first-order chi connectivity index (χ1) is 12.7. The molecule has 0 heterocycles. The molecule has 0 saturated heterocycles. The summed E-state index contributed by atoms with van der Waals surface area (Å²) < 4.78 is 0. The summed E-state index contributed by atoms with van der Waals surface area (Å²) in [6.45, 7) is 4.39. The molecule has 1 rings (SSSR count). The lowest BCUT2D eigenvalue weighted by molar-refractivity contribution is -0.132. The van der Waals surface area contributed by atoms with Gasteiger partial charge in [0.15, 0.2) is 5.78 Å². The summed E-state index contributed by atoms with van der Waals surface area (Å²) in [7, 11) is 0. The Morgan fingerprint density at radius 1 is 0.769 bits per heavy atom. The number of ketones is 2. The Bertz CT molecular complexity index is 474. The number of unbranched alkanes of at least 4 members (excludes halogenated alkanes) is 10. The predicted molar refractivity (Wildman–Crippen MR) is 107 cm³/mol. The van der Waals surface area contributed by atoms with Gasteiger partial charge in [0.25, 0.3) is 0 Å². The van der Waals surface area contributed by atoms with Gasteiger partial charge in [0.1, 0.15) is 11.7 Å². The summed E-state index contributed by atoms with van der Waals surface area (Å²) in [5, 5.41) is 0. The van der Waals surface area contributed by atoms with E-state index in [-0.39, 0.29) is 23.1 Å². The number of rotatable bonds is 14. The van der Waals surface area contributed by atoms with Crippen LogP contribution >= 0.6 is 0 Å². The van der Waals surface area contributed by atoms with Gasteiger partial charge >= 0.3 is 0 Å². The summed E-state index contributed by atoms with van der Waals surface area (Å²) in [5.41, 5.74) is 0.144. The van der Waals surface area contributed by atoms with Gasteiger partial charge in [-0.25, -0.2) is 4.79 Å². The van der Waals surface area contributed by atoms with Crippen molar-refractivity contribution < 1.29 is 14.4 Å². The summed E-state index contributed by atoms with van der Waals surface area (Å²) in [5.74, 6) is 1.08. The Kier molecular flexibility index (Phi) is 12.2. The average Bonchev–Trinajstić information content (AvgIpc) is 2.64. The molecule has 0 radical (unpaired) electrons. The van der Waals surface area contributed by atoms with Crippen molar-refractivity contribution in [3.05, 3.63) is 5.57 Å². The molecule has 2 unspecified atom stereocenters. The largest absolute Gasteiger partial charge is 0.299 e. The van der Waals surface area contributed by atoms with Gasteiger partial charge in [0, 0.05) is 12.3 Å². The minimum atomic E-state index is -0.480. The first-order valence-corrected chi connectivity index (χ1v) is 11.0. The van der Waals surface area contributed by atoms with E-state index >= 15 is 0 Å². The van der Waals surface area contributed by atoms with E-state index in [4.69, 9.17) is 0 Å². The number of allylic oxidation sites excluding steroid dienone is 1. The van der Waals surface area contributed by atoms with Crippen LogP contribution in [0.2, 0.25) is 0 Å². The van der Waals surface area contributed by atoms with Crippen molar-refractivity contribution in [3.63, 3.8) is 0 Å². The van der Waals surface area contributed by atoms with Gasteiger partial charge in [-0.3, -0.25) is 9.59 Å². The van der Waals surface area contributed by atoms with Crippen LogP contribution < -0.4 is 0 Å². The van der Waals surface area contributed by atoms with E-state index in [1.807, 2.05) is 5.94 Å². The van der Waals surface area contributed by atoms with Crippen molar-refractivity contribution >= 4 is 17.5 Å². The first kappa shape index (κ1) is 22.8. The maximum absolute atomic E-state index is 12.6. The third-order valence-corrected chi connectivity index (χ3v) is 5.68. The van der Waals surface area contributed by atoms with E-state index in [2.05, 4.69) is 13.8 Å². The average molecular weight is 363 g/mol. The number of hydrogen-bond donors (Lipinski definition) is 0. The minimum Gasteiger partial charge on any atom is -0.299 e. The molecule has 26 heavy (non-hydrogen) atoms. The van der Waals surface area contributed by atoms with Crippen LogP contribution in [0.4, 0.5) is 0 Å². The highest BCUT2D eigenvalue weighted by molar-refractivity contribution is 6.13. The number of carbonyl (C=O) groups is 2. The van der Waals surface area contributed by atoms with Gasteiger partial charge in [-0.2, -0.15) is 0 Å². The summed E-state index contributed by atoms with van der Waals surface area (Å²) in [4.78, 5) is 36.5. The van der Waals surface area contributed by atoms with Gasteiger partial charge in [0.05, 0.1) is 11.5 Å². The number of hydrogen-bond acceptors (Lipinski definition) is 3. The highest BCUT2D eigenvalue weighted by Crippen LogP contribution is 2.33. The van der Waals surface area contributed by atoms with E-state index < -0.39 is 5.92 Å². The van der Waals surface area contributed by atoms with Crippen LogP contribution in [-0.2, 0) is 14.4 Å². The fourth-order valence-corrected chi connectivity index (χ4v) is 3.99. The first-order valence-electron chi connectivity index (χ1n) is 11.0. The molecule has 1 saturated carbocycles. The van der Waals surface area contributed by atoms with Gasteiger partial charge in [-0.1, -0.05) is 90.9 Å². The smallest absolute Gasteiger partial charge is 0.174 e. The molecule has 0 aromatic heterocycles. The maximum atomic E-state index is 12.6. The normalized spacial score (nSPS) is 20.5. The molecule has 148 valence electrons. The predicted octanol–water partition coefficient (Wildman–Crippen LogP) is 6.02. The second kappa shape index (κ2) is 13.9. The lowest BCUT2D eigenvalue weighted by Crippen LogP contribution is -2.35. The topological polar surface area (TPSA) is 51.2 Å². The number of Topliss-reactive ketones (excluding diaryl/α,β-unsaturated/α-hetero) is 2. The molecule has 3 nitrogen and oxygen atoms in total. The van der Waals surface area contributed by atoms with Crippen LogP contribution in [0.3, 0.4) is 0 Å². The van der Waals surface area contributed by atoms with Crippen LogP contribution in [0.15, 0.2) is 5.57 Å². The molecule has 0 aliphatic heterocycles. The monoisotopic (exact) mass is 362 g/mol. The standard InChI is InChI=1S/C23H38O3/c1-3-5-7-9-11-13-15-19-17-22(25)20(21(18-24)23(19)26)16-14-12-10-8-6-4-2/h19-20H,3-17H2,1-2H3. The molecule has 0 aromatic carbocycles. The molecular weight excluding hydrogens is 324 g/mol. The zero-order chi connectivity index (χ0) is 19.2. The van der Waals surface area contributed by atoms with Crippen LogP contribution in [0.25, 0.3) is 0 Å². The Balaban J connectivity index is 2.40. The quantitative estimate of drug-likeness (QED) is 0.216. The Morgan fingerprint density at radius 2 is 1.27 bits per heavy atom. The van der Waals surface area contributed by atoms with Gasteiger partial charge < -0.3 is 0 Å². The zero-order valence-electron chi connectivity index (χ0n) is 17.0. The molecule has 0 bridgehead atoms. The summed E-state index contributed by atoms with van der Waals surface area (Å²) >= 11 is 0. The Morgan fingerprint density at radius 3 is 1.81 bits per heavy atom. The van der Waals surface area contributed by atoms with Crippen molar-refractivity contribution in [3.8, 4) is 0 Å². The molecule has 2 atom stereocenters. The zero-order valence-corrected chi connectivity index (χ0v) is 17.0. The van der Waals surface area contributed by atoms with Crippen LogP contribution in [0.5, 0.6) is 0 Å². The highest BCUT2D eigenvalue weighted by atomic mass is 16.1. The fourth-order valence-electron chi connectivity index (χ4n) is 3.99. The Labute approximate surface area is 160 Å². The van der Waals surface area contributed by atoms with Crippen molar-refractivity contribution in [1.29, 1.82) is 0 Å². The lowest BCUT2D eigenvalue weighted by atomic mass is 9.73. The highest BCUT2D eigenvalue weighted by Gasteiger charge is 2.39. The van der Waals surface area contributed by atoms with Crippen LogP contribution in [0.1, 0.15) is 110 Å². The second-order valence-electron chi connectivity index (χ2n) is 7.91. The SMILES string of the molecule is CCCCCCCCC1CC(=O)C(CCCCCCCC)C(=C=O)C1=O. The fraction of sp³-hybridized carbons (Fsp3) is 0.826. The van der Waals surface area contributed by atoms with Crippen LogP contribution in [0, 0.1) is 11.8 Å². The Hall–Kier alpha value is -1.21. The van der Waals surface area contributed by atoms with Crippen molar-refractivity contribution in [2.24, 2.45) is 11.8 Å². The van der Waals surface area contributed by atoms with E-state index in [1.54, 1.807) is 0 Å². The third kappa shape index (κ3) is 7.99. The molecule has 1 fully saturated rings. The van der Waals surface area contributed by atoms with Crippen LogP contribution in [-0.4, -0.2) is 17.5 Å². The molecule has 1 aliphatic rings. The molecular formula is C23H38O3. The van der Waals surface area contributed by atoms with E-state index in [0.717, 1.165) is 32.1 Å². The van der Waals surface area contributed by atoms with Gasteiger partial charge in [-0.15, -0.1) is 0 Å². The summed E-state index contributed by atoms with van der Waals surface area (Å²) in [6.07, 6.45) is 15.6. The molecule has 0 amide bonds. The van der Waals surface area contributed by atoms with Gasteiger partial charge in [-0.05, 0) is 12.8 Å². The van der Waals surface area contributed by atoms with Crippen molar-refractivity contribution in [2.75, 3.05) is 0 Å². The molecule has 1 aliphatic carbocycles. The van der Waals surface area contributed by atoms with Gasteiger partial charge in [0.2, 0.25) is 0 Å². The molecule has 0 spiro atoms. The minimum absolute atomic E-state index is 0.0903.